The van der Waals surface area contributed by atoms with Crippen molar-refractivity contribution < 1.29 is 19.1 Å². The summed E-state index contributed by atoms with van der Waals surface area (Å²) >= 11 is 6.27. The van der Waals surface area contributed by atoms with Gasteiger partial charge in [0, 0.05) is 28.4 Å². The molecule has 2 aromatic rings. The summed E-state index contributed by atoms with van der Waals surface area (Å²) < 4.78 is 5.49. The van der Waals surface area contributed by atoms with E-state index in [1.165, 1.54) is 12.0 Å². The summed E-state index contributed by atoms with van der Waals surface area (Å²) in [6.45, 7) is 4.48. The van der Waals surface area contributed by atoms with Crippen LogP contribution in [0.3, 0.4) is 0 Å². The van der Waals surface area contributed by atoms with Crippen molar-refractivity contribution in [1.82, 2.24) is 4.90 Å². The Hall–Kier alpha value is -2.90. The summed E-state index contributed by atoms with van der Waals surface area (Å²) in [5, 5.41) is 3.50. The average Bonchev–Trinajstić information content (AvgIpc) is 3.48. The van der Waals surface area contributed by atoms with Crippen LogP contribution in [0.2, 0.25) is 5.02 Å². The number of hydrogen-bond donors (Lipinski definition) is 1. The molecule has 0 unspecified atom stereocenters. The van der Waals surface area contributed by atoms with Gasteiger partial charge in [0.05, 0.1) is 24.6 Å². The van der Waals surface area contributed by atoms with Crippen molar-refractivity contribution in [3.63, 3.8) is 0 Å². The average molecular weight is 466 g/mol. The zero-order valence-electron chi connectivity index (χ0n) is 18.6. The largest absolute Gasteiger partial charge is 0.495 e. The number of carbonyl (C=O) groups is 3. The quantitative estimate of drug-likeness (QED) is 0.688. The molecule has 3 amide bonds. The number of imide groups is 1. The first kappa shape index (κ1) is 20.7. The van der Waals surface area contributed by atoms with E-state index in [2.05, 4.69) is 10.2 Å². The molecule has 170 valence electrons. The molecule has 0 aliphatic carbocycles. The Balaban J connectivity index is 1.56. The maximum Gasteiger partial charge on any atom is 0.250 e. The lowest BCUT2D eigenvalue weighted by Crippen LogP contribution is -2.54. The fourth-order valence-corrected chi connectivity index (χ4v) is 6.69. The number of aryl methyl sites for hydroxylation is 2. The second kappa shape index (κ2) is 6.81. The fraction of sp³-hybridized carbons (Fsp3) is 0.400. The molecule has 6 rings (SSSR count). The first-order chi connectivity index (χ1) is 15.8. The molecule has 4 aliphatic rings. The van der Waals surface area contributed by atoms with Gasteiger partial charge in [0.2, 0.25) is 17.7 Å². The number of fused-ring (bicyclic) bond motifs is 7. The maximum absolute atomic E-state index is 14.1. The van der Waals surface area contributed by atoms with Gasteiger partial charge in [0.1, 0.15) is 11.3 Å². The van der Waals surface area contributed by atoms with Crippen molar-refractivity contribution in [1.29, 1.82) is 0 Å². The third-order valence-electron chi connectivity index (χ3n) is 7.85. The predicted octanol–water partition coefficient (Wildman–Crippen LogP) is 3.40. The lowest BCUT2D eigenvalue weighted by Gasteiger charge is -2.36. The van der Waals surface area contributed by atoms with Crippen molar-refractivity contribution >= 4 is 40.7 Å². The molecule has 1 spiro atoms. The number of hydrogen-bond acceptors (Lipinski definition) is 5. The van der Waals surface area contributed by atoms with E-state index < -0.39 is 17.4 Å². The van der Waals surface area contributed by atoms with E-state index in [9.17, 15) is 14.4 Å². The fourth-order valence-electron chi connectivity index (χ4n) is 6.54. The van der Waals surface area contributed by atoms with Gasteiger partial charge in [-0.25, -0.2) is 4.90 Å². The van der Waals surface area contributed by atoms with Crippen molar-refractivity contribution in [3.05, 3.63) is 52.0 Å². The molecule has 33 heavy (non-hydrogen) atoms. The number of anilines is 2. The molecule has 4 atom stereocenters. The van der Waals surface area contributed by atoms with E-state index in [1.807, 2.05) is 32.0 Å². The molecular weight excluding hydrogens is 442 g/mol. The molecule has 4 aliphatic heterocycles. The Labute approximate surface area is 196 Å². The predicted molar refractivity (Wildman–Crippen MR) is 123 cm³/mol. The van der Waals surface area contributed by atoms with Gasteiger partial charge >= 0.3 is 0 Å². The molecule has 2 aromatic carbocycles. The Morgan fingerprint density at radius 1 is 1.12 bits per heavy atom. The van der Waals surface area contributed by atoms with E-state index in [-0.39, 0.29) is 23.8 Å². The lowest BCUT2D eigenvalue weighted by atomic mass is 9.75. The third-order valence-corrected chi connectivity index (χ3v) is 8.26. The van der Waals surface area contributed by atoms with Crippen LogP contribution >= 0.6 is 11.6 Å². The molecule has 8 heteroatoms. The van der Waals surface area contributed by atoms with Crippen molar-refractivity contribution in [2.24, 2.45) is 11.8 Å². The molecule has 0 saturated carbocycles. The van der Waals surface area contributed by atoms with Gasteiger partial charge < -0.3 is 10.1 Å². The number of benzene rings is 2. The summed E-state index contributed by atoms with van der Waals surface area (Å²) in [4.78, 5) is 45.0. The number of methoxy groups -OCH3 is 1. The number of carbonyl (C=O) groups excluding carboxylic acids is 3. The number of amides is 3. The van der Waals surface area contributed by atoms with Crippen LogP contribution in [0.1, 0.15) is 29.5 Å². The topological polar surface area (TPSA) is 78.9 Å². The smallest absolute Gasteiger partial charge is 0.250 e. The highest BCUT2D eigenvalue weighted by atomic mass is 35.5. The van der Waals surface area contributed by atoms with Crippen LogP contribution in [0, 0.1) is 25.7 Å². The first-order valence-electron chi connectivity index (χ1n) is 11.2. The zero-order valence-corrected chi connectivity index (χ0v) is 19.4. The van der Waals surface area contributed by atoms with Crippen LogP contribution in [-0.2, 0) is 19.9 Å². The lowest BCUT2D eigenvalue weighted by molar-refractivity contribution is -0.135. The Morgan fingerprint density at radius 3 is 2.67 bits per heavy atom. The van der Waals surface area contributed by atoms with Crippen molar-refractivity contribution in [2.75, 3.05) is 23.9 Å². The van der Waals surface area contributed by atoms with E-state index in [1.54, 1.807) is 12.1 Å². The van der Waals surface area contributed by atoms with E-state index in [4.69, 9.17) is 16.3 Å². The molecule has 0 aromatic heterocycles. The van der Waals surface area contributed by atoms with Gasteiger partial charge in [0.25, 0.3) is 0 Å². The minimum Gasteiger partial charge on any atom is -0.495 e. The van der Waals surface area contributed by atoms with Gasteiger partial charge in [-0.3, -0.25) is 19.3 Å². The monoisotopic (exact) mass is 465 g/mol. The summed E-state index contributed by atoms with van der Waals surface area (Å²) in [6, 6.07) is 9.00. The normalized spacial score (nSPS) is 30.1. The van der Waals surface area contributed by atoms with Crippen LogP contribution in [0.15, 0.2) is 30.3 Å². The minimum atomic E-state index is -1.18. The highest BCUT2D eigenvalue weighted by Gasteiger charge is 2.74. The highest BCUT2D eigenvalue weighted by Crippen LogP contribution is 2.61. The van der Waals surface area contributed by atoms with Crippen LogP contribution in [0.5, 0.6) is 5.75 Å². The van der Waals surface area contributed by atoms with Gasteiger partial charge in [-0.15, -0.1) is 0 Å². The molecule has 0 bridgehead atoms. The third kappa shape index (κ3) is 2.41. The standard InChI is InChI=1S/C25H24ClN3O4/c1-12-6-7-16-14(9-12)25(24(32)27-16)21-20(17-5-4-8-28(17)25)22(30)29(23(21)31)18-10-13(2)15(26)11-19(18)33-3/h6-7,9-11,17,20-21H,4-5,8H2,1-3H3,(H,27,32)/t17-,20+,21-,25-/m0/s1. The highest BCUT2D eigenvalue weighted by molar-refractivity contribution is 6.32. The maximum atomic E-state index is 14.1. The second-order valence-corrected chi connectivity index (χ2v) is 9.87. The van der Waals surface area contributed by atoms with Gasteiger partial charge in [0.15, 0.2) is 0 Å². The van der Waals surface area contributed by atoms with Gasteiger partial charge in [-0.1, -0.05) is 29.3 Å². The summed E-state index contributed by atoms with van der Waals surface area (Å²) in [5.74, 6) is -1.87. The van der Waals surface area contributed by atoms with Gasteiger partial charge in [-0.05, 0) is 50.9 Å². The van der Waals surface area contributed by atoms with Crippen molar-refractivity contribution in [3.8, 4) is 5.75 Å². The van der Waals surface area contributed by atoms with Crippen LogP contribution in [0.4, 0.5) is 11.4 Å². The molecular formula is C25H24ClN3O4. The van der Waals surface area contributed by atoms with Gasteiger partial charge in [-0.2, -0.15) is 0 Å². The van der Waals surface area contributed by atoms with Crippen LogP contribution in [0.25, 0.3) is 0 Å². The summed E-state index contributed by atoms with van der Waals surface area (Å²) in [6.07, 6.45) is 1.66. The SMILES string of the molecule is COc1cc(Cl)c(C)cc1N1C(=O)[C@H]2[C@@H](C1=O)[C@@]1(C(=O)Nc3ccc(C)cc31)N1CCC[C@@H]21. The summed E-state index contributed by atoms with van der Waals surface area (Å²) in [5.41, 5.74) is 2.47. The van der Waals surface area contributed by atoms with E-state index >= 15 is 0 Å². The van der Waals surface area contributed by atoms with Crippen molar-refractivity contribution in [2.45, 2.75) is 38.3 Å². The second-order valence-electron chi connectivity index (χ2n) is 9.46. The summed E-state index contributed by atoms with van der Waals surface area (Å²) in [7, 11) is 1.49. The Bertz CT molecular complexity index is 1260. The van der Waals surface area contributed by atoms with E-state index in [0.717, 1.165) is 35.2 Å². The molecule has 1 N–H and O–H groups in total. The molecule has 0 radical (unpaired) electrons. The van der Waals surface area contributed by atoms with Crippen LogP contribution < -0.4 is 15.0 Å². The molecule has 3 saturated heterocycles. The Kier molecular flexibility index (Phi) is 4.27. The molecule has 4 heterocycles. The number of nitrogens with zero attached hydrogens (tertiary/aromatic N) is 2. The number of rotatable bonds is 2. The van der Waals surface area contributed by atoms with Crippen LogP contribution in [-0.4, -0.2) is 42.3 Å². The van der Waals surface area contributed by atoms with E-state index in [0.29, 0.717) is 23.0 Å². The molecule has 7 nitrogen and oxygen atoms in total. The first-order valence-corrected chi connectivity index (χ1v) is 11.6. The Morgan fingerprint density at radius 2 is 1.91 bits per heavy atom. The number of halogens is 1. The molecule has 3 fully saturated rings. The number of nitrogens with one attached hydrogen (secondary N) is 1. The number of ether oxygens (including phenoxy) is 1. The zero-order chi connectivity index (χ0) is 23.2. The minimum absolute atomic E-state index is 0.159.